The summed E-state index contributed by atoms with van der Waals surface area (Å²) in [5.41, 5.74) is 0.677. The van der Waals surface area contributed by atoms with Gasteiger partial charge in [0.15, 0.2) is 11.1 Å². The Morgan fingerprint density at radius 3 is 2.50 bits per heavy atom. The molecular weight excluding hydrogens is 254 g/mol. The zero-order chi connectivity index (χ0) is 13.1. The normalized spacial score (nSPS) is 18.5. The van der Waals surface area contributed by atoms with E-state index in [0.29, 0.717) is 5.56 Å². The van der Waals surface area contributed by atoms with Crippen LogP contribution in [0.3, 0.4) is 0 Å². The maximum Gasteiger partial charge on any atom is 0.274 e. The second-order valence-electron chi connectivity index (χ2n) is 4.56. The van der Waals surface area contributed by atoms with Gasteiger partial charge in [-0.05, 0) is 24.8 Å². The number of hydrogen-bond donors (Lipinski definition) is 1. The van der Waals surface area contributed by atoms with Crippen molar-refractivity contribution in [2.24, 2.45) is 0 Å². The number of benzene rings is 1. The molecule has 1 unspecified atom stereocenters. The first kappa shape index (κ1) is 13.2. The van der Waals surface area contributed by atoms with E-state index in [1.54, 1.807) is 6.07 Å². The molecule has 0 aliphatic heterocycles. The first-order valence-corrected chi connectivity index (χ1v) is 7.09. The van der Waals surface area contributed by atoms with Gasteiger partial charge >= 0.3 is 0 Å². The van der Waals surface area contributed by atoms with Crippen molar-refractivity contribution in [3.8, 4) is 0 Å². The van der Waals surface area contributed by atoms with Gasteiger partial charge in [0.25, 0.3) is 5.69 Å². The molecule has 0 bridgehead atoms. The molecule has 2 rings (SSSR count). The minimum atomic E-state index is -2.17. The van der Waals surface area contributed by atoms with E-state index < -0.39 is 16.0 Å². The molecule has 1 aliphatic carbocycles. The molecule has 1 fully saturated rings. The third-order valence-corrected chi connectivity index (χ3v) is 4.10. The molecule has 1 aromatic carbocycles. The van der Waals surface area contributed by atoms with Gasteiger partial charge in [-0.2, -0.15) is 0 Å². The highest BCUT2D eigenvalue weighted by Crippen LogP contribution is 2.37. The molecule has 0 spiro atoms. The maximum absolute atomic E-state index is 11.1. The van der Waals surface area contributed by atoms with Crippen molar-refractivity contribution in [2.45, 2.75) is 42.9 Å². The van der Waals surface area contributed by atoms with Crippen LogP contribution in [0.25, 0.3) is 0 Å². The Morgan fingerprint density at radius 2 is 1.94 bits per heavy atom. The molecule has 5 nitrogen and oxygen atoms in total. The molecule has 6 heteroatoms. The molecular formula is C12H15NO4S. The summed E-state index contributed by atoms with van der Waals surface area (Å²) in [7, 11) is 0. The molecule has 0 radical (unpaired) electrons. The fraction of sp³-hybridized carbons (Fsp3) is 0.500. The summed E-state index contributed by atoms with van der Waals surface area (Å²) in [6, 6.07) is 4.37. The topological polar surface area (TPSA) is 80.4 Å². The molecule has 1 aliphatic rings. The standard InChI is InChI=1S/C12H15NO4S/c14-13(15)12-8-10(18(16)17)6-7-11(12)9-4-2-1-3-5-9/h6-9H,1-5H2,(H,16,17). The predicted octanol–water partition coefficient (Wildman–Crippen LogP) is 3.22. The molecule has 1 saturated carbocycles. The van der Waals surface area contributed by atoms with E-state index in [1.807, 2.05) is 0 Å². The van der Waals surface area contributed by atoms with Gasteiger partial charge in [0.05, 0.1) is 9.82 Å². The summed E-state index contributed by atoms with van der Waals surface area (Å²) in [6.45, 7) is 0. The summed E-state index contributed by atoms with van der Waals surface area (Å²) in [5, 5.41) is 11.1. The molecule has 0 aromatic heterocycles. The highest BCUT2D eigenvalue weighted by atomic mass is 32.2. The van der Waals surface area contributed by atoms with Crippen molar-refractivity contribution < 1.29 is 13.7 Å². The van der Waals surface area contributed by atoms with E-state index in [-0.39, 0.29) is 16.5 Å². The third-order valence-electron chi connectivity index (χ3n) is 3.45. The van der Waals surface area contributed by atoms with Crippen molar-refractivity contribution in [3.63, 3.8) is 0 Å². The van der Waals surface area contributed by atoms with Gasteiger partial charge < -0.3 is 4.55 Å². The van der Waals surface area contributed by atoms with Gasteiger partial charge in [-0.1, -0.05) is 25.3 Å². The van der Waals surface area contributed by atoms with Gasteiger partial charge in [0, 0.05) is 11.6 Å². The Hall–Kier alpha value is -1.27. The summed E-state index contributed by atoms with van der Waals surface area (Å²) in [4.78, 5) is 10.7. The lowest BCUT2D eigenvalue weighted by Gasteiger charge is -2.21. The quantitative estimate of drug-likeness (QED) is 0.519. The number of hydrogen-bond acceptors (Lipinski definition) is 3. The van der Waals surface area contributed by atoms with Crippen LogP contribution in [0.2, 0.25) is 0 Å². The second-order valence-corrected chi connectivity index (χ2v) is 5.53. The molecule has 0 saturated heterocycles. The predicted molar refractivity (Wildman–Crippen MR) is 68.0 cm³/mol. The van der Waals surface area contributed by atoms with E-state index in [9.17, 15) is 14.3 Å². The fourth-order valence-corrected chi connectivity index (χ4v) is 2.95. The van der Waals surface area contributed by atoms with Crippen LogP contribution in [0.15, 0.2) is 23.1 Å². The van der Waals surface area contributed by atoms with Crippen molar-refractivity contribution in [1.29, 1.82) is 0 Å². The third kappa shape index (κ3) is 2.76. The Morgan fingerprint density at radius 1 is 1.28 bits per heavy atom. The Kier molecular flexibility index (Phi) is 4.08. The average molecular weight is 269 g/mol. The molecule has 1 N–H and O–H groups in total. The zero-order valence-corrected chi connectivity index (χ0v) is 10.7. The van der Waals surface area contributed by atoms with Crippen LogP contribution in [0.1, 0.15) is 43.6 Å². The van der Waals surface area contributed by atoms with Crippen molar-refractivity contribution in [2.75, 3.05) is 0 Å². The number of nitro groups is 1. The smallest absolute Gasteiger partial charge is 0.274 e. The molecule has 1 aromatic rings. The monoisotopic (exact) mass is 269 g/mol. The summed E-state index contributed by atoms with van der Waals surface area (Å²) < 4.78 is 19.9. The van der Waals surface area contributed by atoms with Gasteiger partial charge in [-0.15, -0.1) is 0 Å². The number of nitro benzene ring substituents is 1. The fourth-order valence-electron chi connectivity index (χ4n) is 2.55. The van der Waals surface area contributed by atoms with E-state index in [4.69, 9.17) is 4.55 Å². The largest absolute Gasteiger partial charge is 0.302 e. The first-order chi connectivity index (χ1) is 8.59. The Bertz CT molecular complexity index is 483. The average Bonchev–Trinajstić information content (AvgIpc) is 2.39. The Balaban J connectivity index is 2.39. The summed E-state index contributed by atoms with van der Waals surface area (Å²) in [6.07, 6.45) is 5.29. The van der Waals surface area contributed by atoms with Crippen molar-refractivity contribution in [3.05, 3.63) is 33.9 Å². The van der Waals surface area contributed by atoms with E-state index >= 15 is 0 Å². The van der Waals surface area contributed by atoms with E-state index in [1.165, 1.54) is 18.6 Å². The van der Waals surface area contributed by atoms with Crippen LogP contribution in [0.4, 0.5) is 5.69 Å². The van der Waals surface area contributed by atoms with Crippen LogP contribution >= 0.6 is 0 Å². The van der Waals surface area contributed by atoms with Gasteiger partial charge in [0.2, 0.25) is 0 Å². The van der Waals surface area contributed by atoms with Crippen LogP contribution in [0.5, 0.6) is 0 Å². The molecule has 18 heavy (non-hydrogen) atoms. The van der Waals surface area contributed by atoms with E-state index in [2.05, 4.69) is 0 Å². The first-order valence-electron chi connectivity index (χ1n) is 5.99. The minimum absolute atomic E-state index is 0.0261. The van der Waals surface area contributed by atoms with Gasteiger partial charge in [-0.3, -0.25) is 10.1 Å². The zero-order valence-electron chi connectivity index (χ0n) is 9.87. The lowest BCUT2D eigenvalue weighted by molar-refractivity contribution is -0.386. The lowest BCUT2D eigenvalue weighted by atomic mass is 9.83. The molecule has 1 atom stereocenters. The molecule has 0 amide bonds. The number of rotatable bonds is 3. The van der Waals surface area contributed by atoms with Gasteiger partial charge in [0.1, 0.15) is 0 Å². The number of nitrogens with zero attached hydrogens (tertiary/aromatic N) is 1. The van der Waals surface area contributed by atoms with Crippen LogP contribution in [0, 0.1) is 10.1 Å². The lowest BCUT2D eigenvalue weighted by Crippen LogP contribution is -2.08. The van der Waals surface area contributed by atoms with Crippen LogP contribution in [-0.2, 0) is 11.1 Å². The van der Waals surface area contributed by atoms with Crippen molar-refractivity contribution in [1.82, 2.24) is 0 Å². The van der Waals surface area contributed by atoms with Gasteiger partial charge in [-0.25, -0.2) is 4.21 Å². The minimum Gasteiger partial charge on any atom is -0.302 e. The van der Waals surface area contributed by atoms with Crippen LogP contribution in [-0.4, -0.2) is 13.7 Å². The van der Waals surface area contributed by atoms with Crippen molar-refractivity contribution >= 4 is 16.8 Å². The highest BCUT2D eigenvalue weighted by Gasteiger charge is 2.24. The summed E-state index contributed by atoms with van der Waals surface area (Å²) in [5.74, 6) is 0.209. The SMILES string of the molecule is O=[N+]([O-])c1cc(S(=O)O)ccc1C1CCCCC1. The molecule has 98 valence electrons. The second kappa shape index (κ2) is 5.58. The highest BCUT2D eigenvalue weighted by molar-refractivity contribution is 7.79. The summed E-state index contributed by atoms with van der Waals surface area (Å²) >= 11 is -2.17. The van der Waals surface area contributed by atoms with E-state index in [0.717, 1.165) is 25.7 Å². The molecule has 0 heterocycles. The maximum atomic E-state index is 11.1. The van der Waals surface area contributed by atoms with Crippen LogP contribution < -0.4 is 0 Å². The Labute approximate surface area is 108 Å².